The van der Waals surface area contributed by atoms with Crippen molar-refractivity contribution in [2.24, 2.45) is 5.73 Å². The van der Waals surface area contributed by atoms with E-state index in [1.807, 2.05) is 6.92 Å². The van der Waals surface area contributed by atoms with E-state index < -0.39 is 5.97 Å². The first-order valence-electron chi connectivity index (χ1n) is 5.25. The summed E-state index contributed by atoms with van der Waals surface area (Å²) < 4.78 is 12.8. The number of H-pyrrole nitrogens is 1. The second-order valence-corrected chi connectivity index (χ2v) is 3.48. The molecule has 0 unspecified atom stereocenters. The summed E-state index contributed by atoms with van der Waals surface area (Å²) in [5.41, 5.74) is 6.15. The highest BCUT2D eigenvalue weighted by molar-refractivity contribution is 5.86. The molecule has 0 spiro atoms. The highest BCUT2D eigenvalue weighted by Crippen LogP contribution is 2.19. The van der Waals surface area contributed by atoms with Crippen LogP contribution in [0.4, 0.5) is 4.39 Å². The van der Waals surface area contributed by atoms with Gasteiger partial charge in [-0.25, -0.2) is 4.39 Å². The summed E-state index contributed by atoms with van der Waals surface area (Å²) in [6.45, 7) is 2.65. The summed E-state index contributed by atoms with van der Waals surface area (Å²) >= 11 is 0. The Morgan fingerprint density at radius 1 is 1.53 bits per heavy atom. The monoisotopic (exact) mass is 238 g/mol. The number of aromatic nitrogens is 1. The molecule has 0 saturated carbocycles. The Kier molecular flexibility index (Phi) is 4.66. The van der Waals surface area contributed by atoms with Gasteiger partial charge in [0.15, 0.2) is 0 Å². The Morgan fingerprint density at radius 3 is 2.76 bits per heavy atom. The summed E-state index contributed by atoms with van der Waals surface area (Å²) in [4.78, 5) is 13.3. The number of carboxylic acids is 1. The van der Waals surface area contributed by atoms with E-state index in [1.54, 1.807) is 12.3 Å². The quantitative estimate of drug-likeness (QED) is 0.747. The average molecular weight is 238 g/mol. The van der Waals surface area contributed by atoms with Crippen LogP contribution >= 0.6 is 0 Å². The molecule has 4 N–H and O–H groups in total. The van der Waals surface area contributed by atoms with Gasteiger partial charge >= 0.3 is 5.97 Å². The number of aromatic amines is 1. The van der Waals surface area contributed by atoms with Crippen molar-refractivity contribution in [1.82, 2.24) is 4.98 Å². The number of hydrogen-bond donors (Lipinski definition) is 3. The SMILES string of the molecule is CCN.O=C(O)Cc1c[nH]c2cc(F)ccc12. The molecule has 0 aliphatic carbocycles. The predicted octanol–water partition coefficient (Wildman–Crippen LogP) is 1.90. The topological polar surface area (TPSA) is 79.1 Å². The second-order valence-electron chi connectivity index (χ2n) is 3.48. The molecule has 0 bridgehead atoms. The smallest absolute Gasteiger partial charge is 0.307 e. The Hall–Kier alpha value is -1.88. The number of carbonyl (C=O) groups is 1. The molecule has 1 heterocycles. The van der Waals surface area contributed by atoms with Crippen molar-refractivity contribution in [2.45, 2.75) is 13.3 Å². The Bertz CT molecular complexity index is 508. The Labute approximate surface area is 98.2 Å². The van der Waals surface area contributed by atoms with Gasteiger partial charge in [-0.2, -0.15) is 0 Å². The molecule has 4 nitrogen and oxygen atoms in total. The molecule has 0 aliphatic heterocycles. The number of rotatable bonds is 2. The van der Waals surface area contributed by atoms with E-state index >= 15 is 0 Å². The van der Waals surface area contributed by atoms with Crippen LogP contribution in [0.1, 0.15) is 12.5 Å². The molecule has 1 aromatic carbocycles. The predicted molar refractivity (Wildman–Crippen MR) is 64.3 cm³/mol. The van der Waals surface area contributed by atoms with Crippen LogP contribution in [0.15, 0.2) is 24.4 Å². The van der Waals surface area contributed by atoms with Crippen molar-refractivity contribution in [3.05, 3.63) is 35.8 Å². The molecule has 0 saturated heterocycles. The third-order valence-corrected chi connectivity index (χ3v) is 2.07. The molecule has 2 rings (SSSR count). The Morgan fingerprint density at radius 2 is 2.18 bits per heavy atom. The zero-order valence-electron chi connectivity index (χ0n) is 9.53. The van der Waals surface area contributed by atoms with Crippen LogP contribution in [-0.4, -0.2) is 22.6 Å². The number of carboxylic acid groups (broad SMARTS) is 1. The third kappa shape index (κ3) is 3.57. The molecule has 0 aliphatic rings. The molecule has 1 aromatic heterocycles. The standard InChI is InChI=1S/C10H8FNO2.C2H7N/c11-7-1-2-8-6(3-10(13)14)5-12-9(8)4-7;1-2-3/h1-2,4-5,12H,3H2,(H,13,14);2-3H2,1H3. The number of halogens is 1. The van der Waals surface area contributed by atoms with Crippen LogP contribution < -0.4 is 5.73 Å². The van der Waals surface area contributed by atoms with Gasteiger partial charge in [0.25, 0.3) is 0 Å². The number of benzene rings is 1. The molecule has 17 heavy (non-hydrogen) atoms. The minimum Gasteiger partial charge on any atom is -0.481 e. The number of nitrogens with one attached hydrogen (secondary N) is 1. The van der Waals surface area contributed by atoms with E-state index in [1.165, 1.54) is 12.1 Å². The maximum atomic E-state index is 12.8. The molecule has 0 amide bonds. The molecule has 0 radical (unpaired) electrons. The van der Waals surface area contributed by atoms with E-state index in [0.717, 1.165) is 11.9 Å². The number of aliphatic carboxylic acids is 1. The lowest BCUT2D eigenvalue weighted by atomic mass is 10.1. The fourth-order valence-electron chi connectivity index (χ4n) is 1.47. The lowest BCUT2D eigenvalue weighted by Gasteiger charge is -1.94. The molecule has 0 fully saturated rings. The van der Waals surface area contributed by atoms with Crippen molar-refractivity contribution in [3.8, 4) is 0 Å². The summed E-state index contributed by atoms with van der Waals surface area (Å²) in [5.74, 6) is -1.23. The van der Waals surface area contributed by atoms with Gasteiger partial charge in [-0.1, -0.05) is 6.92 Å². The zero-order chi connectivity index (χ0) is 12.8. The van der Waals surface area contributed by atoms with E-state index in [0.29, 0.717) is 11.1 Å². The summed E-state index contributed by atoms with van der Waals surface area (Å²) in [6.07, 6.45) is 1.55. The second kappa shape index (κ2) is 6.00. The average Bonchev–Trinajstić information content (AvgIpc) is 2.61. The van der Waals surface area contributed by atoms with Gasteiger partial charge in [-0.15, -0.1) is 0 Å². The highest BCUT2D eigenvalue weighted by atomic mass is 19.1. The highest BCUT2D eigenvalue weighted by Gasteiger charge is 2.07. The van der Waals surface area contributed by atoms with Crippen molar-refractivity contribution < 1.29 is 14.3 Å². The number of fused-ring (bicyclic) bond motifs is 1. The molecular formula is C12H15FN2O2. The van der Waals surface area contributed by atoms with Gasteiger partial charge in [0.1, 0.15) is 5.82 Å². The van der Waals surface area contributed by atoms with Crippen molar-refractivity contribution in [3.63, 3.8) is 0 Å². The first-order chi connectivity index (χ1) is 8.08. The van der Waals surface area contributed by atoms with Crippen molar-refractivity contribution in [2.75, 3.05) is 6.54 Å². The first kappa shape index (κ1) is 13.2. The van der Waals surface area contributed by atoms with Gasteiger partial charge in [0.05, 0.1) is 6.42 Å². The largest absolute Gasteiger partial charge is 0.481 e. The van der Waals surface area contributed by atoms with Gasteiger partial charge in [-0.3, -0.25) is 4.79 Å². The molecule has 0 atom stereocenters. The van der Waals surface area contributed by atoms with E-state index in [9.17, 15) is 9.18 Å². The molecule has 5 heteroatoms. The first-order valence-corrected chi connectivity index (χ1v) is 5.25. The van der Waals surface area contributed by atoms with Gasteiger partial charge in [0, 0.05) is 17.1 Å². The number of hydrogen-bond acceptors (Lipinski definition) is 2. The van der Waals surface area contributed by atoms with E-state index in [2.05, 4.69) is 4.98 Å². The molecule has 2 aromatic rings. The van der Waals surface area contributed by atoms with Gasteiger partial charge in [0.2, 0.25) is 0 Å². The zero-order valence-corrected chi connectivity index (χ0v) is 9.53. The number of nitrogens with two attached hydrogens (primary N) is 1. The van der Waals surface area contributed by atoms with Gasteiger partial charge < -0.3 is 15.8 Å². The van der Waals surface area contributed by atoms with Crippen LogP contribution in [0.3, 0.4) is 0 Å². The summed E-state index contributed by atoms with van der Waals surface area (Å²) in [5, 5.41) is 9.37. The third-order valence-electron chi connectivity index (χ3n) is 2.07. The maximum Gasteiger partial charge on any atom is 0.307 e. The lowest BCUT2D eigenvalue weighted by molar-refractivity contribution is -0.136. The van der Waals surface area contributed by atoms with Crippen LogP contribution in [-0.2, 0) is 11.2 Å². The van der Waals surface area contributed by atoms with Crippen LogP contribution in [0.25, 0.3) is 10.9 Å². The van der Waals surface area contributed by atoms with Crippen LogP contribution in [0.5, 0.6) is 0 Å². The molecule has 92 valence electrons. The fraction of sp³-hybridized carbons (Fsp3) is 0.250. The normalized spacial score (nSPS) is 9.82. The van der Waals surface area contributed by atoms with Gasteiger partial charge in [-0.05, 0) is 30.3 Å². The van der Waals surface area contributed by atoms with Crippen molar-refractivity contribution >= 4 is 16.9 Å². The summed E-state index contributed by atoms with van der Waals surface area (Å²) in [6, 6.07) is 4.25. The lowest BCUT2D eigenvalue weighted by Crippen LogP contribution is -1.98. The van der Waals surface area contributed by atoms with E-state index in [-0.39, 0.29) is 12.2 Å². The summed E-state index contributed by atoms with van der Waals surface area (Å²) in [7, 11) is 0. The fourth-order valence-corrected chi connectivity index (χ4v) is 1.47. The maximum absolute atomic E-state index is 12.8. The van der Waals surface area contributed by atoms with Crippen LogP contribution in [0, 0.1) is 5.82 Å². The van der Waals surface area contributed by atoms with Crippen LogP contribution in [0.2, 0.25) is 0 Å². The minimum atomic E-state index is -0.893. The van der Waals surface area contributed by atoms with E-state index in [4.69, 9.17) is 10.8 Å². The minimum absolute atomic E-state index is 0.0500. The Balaban J connectivity index is 0.000000437. The van der Waals surface area contributed by atoms with Crippen molar-refractivity contribution in [1.29, 1.82) is 0 Å². The molecular weight excluding hydrogens is 223 g/mol.